The van der Waals surface area contributed by atoms with Gasteiger partial charge < -0.3 is 19.2 Å². The molecule has 2 aromatic rings. The molecule has 180 valence electrons. The third-order valence-corrected chi connectivity index (χ3v) is 7.76. The van der Waals surface area contributed by atoms with Crippen molar-refractivity contribution in [2.45, 2.75) is 101 Å². The lowest BCUT2D eigenvalue weighted by Crippen LogP contribution is -2.49. The zero-order valence-corrected chi connectivity index (χ0v) is 20.3. The molecule has 2 aliphatic rings. The summed E-state index contributed by atoms with van der Waals surface area (Å²) in [5.74, 6) is 1.26. The van der Waals surface area contributed by atoms with Gasteiger partial charge in [-0.25, -0.2) is 0 Å². The number of hydrogen-bond donors (Lipinski definition) is 1. The van der Waals surface area contributed by atoms with Crippen molar-refractivity contribution in [2.75, 3.05) is 5.75 Å². The van der Waals surface area contributed by atoms with Gasteiger partial charge in [0.2, 0.25) is 5.91 Å². The van der Waals surface area contributed by atoms with Gasteiger partial charge in [0.1, 0.15) is 0 Å². The molecule has 2 amide bonds. The Hall–Kier alpha value is -2.29. The molecule has 2 aliphatic carbocycles. The maximum Gasteiger partial charge on any atom is 0.287 e. The topological polar surface area (TPSA) is 93.3 Å². The number of amides is 2. The zero-order valence-electron chi connectivity index (χ0n) is 19.5. The number of furan rings is 1. The van der Waals surface area contributed by atoms with Crippen molar-refractivity contribution in [3.8, 4) is 0 Å². The number of carbonyl (C=O) groups is 2. The minimum Gasteiger partial charge on any atom is -0.459 e. The zero-order chi connectivity index (χ0) is 23.0. The molecule has 0 unspecified atom stereocenters. The Morgan fingerprint density at radius 2 is 1.76 bits per heavy atom. The SMILES string of the molecule is CCn1c(CNC(=O)c2ccco2)nnc1SCC(=O)N(C1CCCCC1)C1CCCCC1. The molecular formula is C24H35N5O3S. The third kappa shape index (κ3) is 5.99. The van der Waals surface area contributed by atoms with E-state index in [0.29, 0.717) is 30.2 Å². The van der Waals surface area contributed by atoms with Crippen molar-refractivity contribution in [1.29, 1.82) is 0 Å². The maximum absolute atomic E-state index is 13.4. The molecule has 0 radical (unpaired) electrons. The van der Waals surface area contributed by atoms with Crippen molar-refractivity contribution >= 4 is 23.6 Å². The predicted molar refractivity (Wildman–Crippen MR) is 127 cm³/mol. The highest BCUT2D eigenvalue weighted by Gasteiger charge is 2.32. The highest BCUT2D eigenvalue weighted by atomic mass is 32.2. The monoisotopic (exact) mass is 473 g/mol. The summed E-state index contributed by atoms with van der Waals surface area (Å²) in [6, 6.07) is 4.09. The van der Waals surface area contributed by atoms with E-state index in [2.05, 4.69) is 20.4 Å². The second-order valence-corrected chi connectivity index (χ2v) is 9.92. The Bertz CT molecular complexity index is 883. The van der Waals surface area contributed by atoms with Crippen LogP contribution in [0.2, 0.25) is 0 Å². The molecule has 0 spiro atoms. The molecule has 9 heteroatoms. The minimum atomic E-state index is -0.286. The maximum atomic E-state index is 13.4. The Morgan fingerprint density at radius 3 is 2.33 bits per heavy atom. The van der Waals surface area contributed by atoms with Crippen LogP contribution in [0.25, 0.3) is 0 Å². The van der Waals surface area contributed by atoms with E-state index in [1.807, 2.05) is 11.5 Å². The molecule has 2 aromatic heterocycles. The summed E-state index contributed by atoms with van der Waals surface area (Å²) >= 11 is 1.46. The standard InChI is InChI=1S/C24H35N5O3S/c1-2-28-21(16-25-23(31)20-14-9-15-32-20)26-27-24(28)33-17-22(30)29(18-10-5-3-6-11-18)19-12-7-4-8-13-19/h9,14-15,18-19H,2-8,10-13,16-17H2,1H3,(H,25,31). The van der Waals surface area contributed by atoms with Crippen LogP contribution in [-0.2, 0) is 17.9 Å². The van der Waals surface area contributed by atoms with Gasteiger partial charge in [0, 0.05) is 18.6 Å². The van der Waals surface area contributed by atoms with Gasteiger partial charge in [-0.3, -0.25) is 9.59 Å². The van der Waals surface area contributed by atoms with Gasteiger partial charge in [0.25, 0.3) is 5.91 Å². The fraction of sp³-hybridized carbons (Fsp3) is 0.667. The van der Waals surface area contributed by atoms with Gasteiger partial charge in [-0.2, -0.15) is 0 Å². The lowest BCUT2D eigenvalue weighted by Gasteiger charge is -2.41. The largest absolute Gasteiger partial charge is 0.459 e. The van der Waals surface area contributed by atoms with Gasteiger partial charge in [0.15, 0.2) is 16.7 Å². The average molecular weight is 474 g/mol. The van der Waals surface area contributed by atoms with Crippen molar-refractivity contribution in [3.63, 3.8) is 0 Å². The Morgan fingerprint density at radius 1 is 1.09 bits per heavy atom. The van der Waals surface area contributed by atoms with Crippen LogP contribution in [0.4, 0.5) is 0 Å². The highest BCUT2D eigenvalue weighted by Crippen LogP contribution is 2.31. The van der Waals surface area contributed by atoms with Crippen molar-refractivity contribution in [1.82, 2.24) is 25.0 Å². The molecule has 8 nitrogen and oxygen atoms in total. The van der Waals surface area contributed by atoms with Gasteiger partial charge in [-0.05, 0) is 44.7 Å². The lowest BCUT2D eigenvalue weighted by molar-refractivity contribution is -0.135. The molecule has 2 fully saturated rings. The number of hydrogen-bond acceptors (Lipinski definition) is 6. The van der Waals surface area contributed by atoms with E-state index in [-0.39, 0.29) is 24.1 Å². The van der Waals surface area contributed by atoms with Gasteiger partial charge in [-0.1, -0.05) is 50.3 Å². The summed E-state index contributed by atoms with van der Waals surface area (Å²) in [5.41, 5.74) is 0. The predicted octanol–water partition coefficient (Wildman–Crippen LogP) is 4.41. The fourth-order valence-corrected chi connectivity index (χ4v) is 6.04. The first kappa shape index (κ1) is 23.9. The molecule has 0 aliphatic heterocycles. The molecule has 0 aromatic carbocycles. The van der Waals surface area contributed by atoms with Crippen LogP contribution < -0.4 is 5.32 Å². The van der Waals surface area contributed by atoms with Gasteiger partial charge >= 0.3 is 0 Å². The normalized spacial score (nSPS) is 17.7. The van der Waals surface area contributed by atoms with E-state index in [9.17, 15) is 9.59 Å². The molecule has 4 rings (SSSR count). The second-order valence-electron chi connectivity index (χ2n) is 8.98. The summed E-state index contributed by atoms with van der Waals surface area (Å²) in [6.45, 7) is 2.94. The first-order valence-electron chi connectivity index (χ1n) is 12.3. The van der Waals surface area contributed by atoms with E-state index in [1.165, 1.54) is 56.5 Å². The number of thioether (sulfide) groups is 1. The van der Waals surface area contributed by atoms with Crippen LogP contribution in [0.3, 0.4) is 0 Å². The summed E-state index contributed by atoms with van der Waals surface area (Å²) < 4.78 is 7.10. The molecule has 2 heterocycles. The van der Waals surface area contributed by atoms with E-state index in [1.54, 1.807) is 12.1 Å². The number of aromatic nitrogens is 3. The fourth-order valence-electron chi connectivity index (χ4n) is 5.15. The van der Waals surface area contributed by atoms with E-state index in [0.717, 1.165) is 30.8 Å². The summed E-state index contributed by atoms with van der Waals surface area (Å²) in [6.07, 6.45) is 13.5. The number of nitrogens with one attached hydrogen (secondary N) is 1. The molecule has 1 N–H and O–H groups in total. The second kappa shape index (κ2) is 11.7. The van der Waals surface area contributed by atoms with Crippen LogP contribution in [0.5, 0.6) is 0 Å². The van der Waals surface area contributed by atoms with Crippen LogP contribution >= 0.6 is 11.8 Å². The van der Waals surface area contributed by atoms with Crippen LogP contribution in [-0.4, -0.2) is 49.3 Å². The smallest absolute Gasteiger partial charge is 0.287 e. The molecular weight excluding hydrogens is 438 g/mol. The van der Waals surface area contributed by atoms with E-state index < -0.39 is 0 Å². The summed E-state index contributed by atoms with van der Waals surface area (Å²) in [5, 5.41) is 12.1. The Labute approximate surface area is 199 Å². The van der Waals surface area contributed by atoms with Crippen LogP contribution in [0.1, 0.15) is 87.5 Å². The van der Waals surface area contributed by atoms with E-state index >= 15 is 0 Å². The van der Waals surface area contributed by atoms with Gasteiger partial charge in [0.05, 0.1) is 18.6 Å². The van der Waals surface area contributed by atoms with E-state index in [4.69, 9.17) is 4.42 Å². The number of carbonyl (C=O) groups excluding carboxylic acids is 2. The van der Waals surface area contributed by atoms with Crippen molar-refractivity contribution < 1.29 is 14.0 Å². The average Bonchev–Trinajstić information content (AvgIpc) is 3.53. The summed E-state index contributed by atoms with van der Waals surface area (Å²) in [7, 11) is 0. The molecule has 0 atom stereocenters. The minimum absolute atomic E-state index is 0.233. The molecule has 33 heavy (non-hydrogen) atoms. The first-order valence-corrected chi connectivity index (χ1v) is 13.3. The molecule has 2 saturated carbocycles. The number of rotatable bonds is 9. The van der Waals surface area contributed by atoms with Gasteiger partial charge in [-0.15, -0.1) is 10.2 Å². The van der Waals surface area contributed by atoms with Crippen LogP contribution in [0.15, 0.2) is 28.0 Å². The molecule has 0 saturated heterocycles. The summed E-state index contributed by atoms with van der Waals surface area (Å²) in [4.78, 5) is 27.9. The Balaban J connectivity index is 1.38. The van der Waals surface area contributed by atoms with Crippen molar-refractivity contribution in [3.05, 3.63) is 30.0 Å². The lowest BCUT2D eigenvalue weighted by atomic mass is 9.88. The first-order chi connectivity index (χ1) is 16.2. The quantitative estimate of drug-likeness (QED) is 0.543. The van der Waals surface area contributed by atoms with Crippen molar-refractivity contribution in [2.24, 2.45) is 0 Å². The molecule has 0 bridgehead atoms. The highest BCUT2D eigenvalue weighted by molar-refractivity contribution is 7.99. The Kier molecular flexibility index (Phi) is 8.47. The number of nitrogens with zero attached hydrogens (tertiary/aromatic N) is 4. The van der Waals surface area contributed by atoms with Crippen LogP contribution in [0, 0.1) is 0 Å². The third-order valence-electron chi connectivity index (χ3n) is 6.81.